The number of hydrogen-bond donors (Lipinski definition) is 2. The van der Waals surface area contributed by atoms with Crippen LogP contribution in [0.5, 0.6) is 0 Å². The molecule has 18 heavy (non-hydrogen) atoms. The number of anilines is 1. The molecule has 6 nitrogen and oxygen atoms in total. The molecule has 0 unspecified atom stereocenters. The highest BCUT2D eigenvalue weighted by Crippen LogP contribution is 1.99. The fourth-order valence-electron chi connectivity index (χ4n) is 1.40. The van der Waals surface area contributed by atoms with Crippen molar-refractivity contribution in [3.8, 4) is 0 Å². The third-order valence-electron chi connectivity index (χ3n) is 2.23. The van der Waals surface area contributed by atoms with E-state index in [-0.39, 0.29) is 5.56 Å². The molecule has 0 saturated carbocycles. The Bertz CT molecular complexity index is 618. The third-order valence-corrected chi connectivity index (χ3v) is 2.23. The first kappa shape index (κ1) is 12.0. The van der Waals surface area contributed by atoms with Crippen molar-refractivity contribution in [2.24, 2.45) is 5.10 Å². The van der Waals surface area contributed by atoms with Gasteiger partial charge in [-0.2, -0.15) is 5.10 Å². The van der Waals surface area contributed by atoms with Crippen LogP contribution in [-0.2, 0) is 0 Å². The summed E-state index contributed by atoms with van der Waals surface area (Å²) in [6.45, 7) is 3.57. The van der Waals surface area contributed by atoms with E-state index in [1.807, 2.05) is 25.1 Å². The molecule has 2 aromatic heterocycles. The number of pyridine rings is 1. The van der Waals surface area contributed by atoms with E-state index in [2.05, 4.69) is 25.5 Å². The molecule has 0 bridgehead atoms. The van der Waals surface area contributed by atoms with E-state index in [0.29, 0.717) is 17.4 Å². The molecular formula is C12H13N5O. The second-order valence-electron chi connectivity index (χ2n) is 3.76. The molecule has 92 valence electrons. The van der Waals surface area contributed by atoms with Crippen LogP contribution in [0.2, 0.25) is 0 Å². The molecule has 2 N–H and O–H groups in total. The van der Waals surface area contributed by atoms with Crippen LogP contribution < -0.4 is 11.0 Å². The second-order valence-corrected chi connectivity index (χ2v) is 3.76. The average Bonchev–Trinajstić information content (AvgIpc) is 2.36. The SMILES string of the molecule is CC(=NNc1nc(C)cc(=O)[nH]1)c1ccccn1. The van der Waals surface area contributed by atoms with Gasteiger partial charge in [0, 0.05) is 18.0 Å². The Hall–Kier alpha value is -2.50. The molecule has 0 amide bonds. The average molecular weight is 243 g/mol. The summed E-state index contributed by atoms with van der Waals surface area (Å²) in [6, 6.07) is 6.99. The first-order valence-corrected chi connectivity index (χ1v) is 5.45. The van der Waals surface area contributed by atoms with Crippen molar-refractivity contribution in [3.63, 3.8) is 0 Å². The zero-order valence-electron chi connectivity index (χ0n) is 10.1. The number of nitrogens with zero attached hydrogens (tertiary/aromatic N) is 3. The largest absolute Gasteiger partial charge is 0.291 e. The summed E-state index contributed by atoms with van der Waals surface area (Å²) < 4.78 is 0. The predicted molar refractivity (Wildman–Crippen MR) is 69.7 cm³/mol. The lowest BCUT2D eigenvalue weighted by Gasteiger charge is -2.02. The molecule has 2 aromatic rings. The first-order chi connectivity index (χ1) is 8.65. The van der Waals surface area contributed by atoms with E-state index in [9.17, 15) is 4.79 Å². The Morgan fingerprint density at radius 2 is 2.28 bits per heavy atom. The Morgan fingerprint density at radius 1 is 1.44 bits per heavy atom. The summed E-state index contributed by atoms with van der Waals surface area (Å²) >= 11 is 0. The van der Waals surface area contributed by atoms with Gasteiger partial charge in [0.1, 0.15) is 0 Å². The van der Waals surface area contributed by atoms with Crippen molar-refractivity contribution >= 4 is 11.7 Å². The van der Waals surface area contributed by atoms with Crippen molar-refractivity contribution in [2.75, 3.05) is 5.43 Å². The number of nitrogens with one attached hydrogen (secondary N) is 2. The van der Waals surface area contributed by atoms with Crippen molar-refractivity contribution in [2.45, 2.75) is 13.8 Å². The van der Waals surface area contributed by atoms with Gasteiger partial charge in [-0.25, -0.2) is 10.4 Å². The number of hydrogen-bond acceptors (Lipinski definition) is 5. The summed E-state index contributed by atoms with van der Waals surface area (Å²) in [4.78, 5) is 22.0. The predicted octanol–water partition coefficient (Wildman–Crippen LogP) is 1.31. The number of rotatable bonds is 3. The fraction of sp³-hybridized carbons (Fsp3) is 0.167. The van der Waals surface area contributed by atoms with Crippen LogP contribution in [-0.4, -0.2) is 20.7 Å². The smallest absolute Gasteiger partial charge is 0.252 e. The first-order valence-electron chi connectivity index (χ1n) is 5.45. The van der Waals surface area contributed by atoms with E-state index in [1.54, 1.807) is 13.1 Å². The topological polar surface area (TPSA) is 83.0 Å². The summed E-state index contributed by atoms with van der Waals surface area (Å²) in [5, 5.41) is 4.12. The Labute approximate surface area is 104 Å². The Morgan fingerprint density at radius 3 is 2.94 bits per heavy atom. The van der Waals surface area contributed by atoms with E-state index in [0.717, 1.165) is 5.69 Å². The van der Waals surface area contributed by atoms with Crippen molar-refractivity contribution in [3.05, 3.63) is 52.2 Å². The second kappa shape index (κ2) is 5.22. The van der Waals surface area contributed by atoms with Gasteiger partial charge in [0.2, 0.25) is 5.95 Å². The van der Waals surface area contributed by atoms with Crippen LogP contribution >= 0.6 is 0 Å². The molecule has 2 rings (SSSR count). The molecule has 0 spiro atoms. The lowest BCUT2D eigenvalue weighted by Crippen LogP contribution is -2.11. The van der Waals surface area contributed by atoms with Crippen LogP contribution in [0, 0.1) is 6.92 Å². The van der Waals surface area contributed by atoms with Crippen molar-refractivity contribution in [1.82, 2.24) is 15.0 Å². The quantitative estimate of drug-likeness (QED) is 0.629. The maximum Gasteiger partial charge on any atom is 0.252 e. The molecule has 2 heterocycles. The molecule has 0 aliphatic heterocycles. The van der Waals surface area contributed by atoms with Gasteiger partial charge in [0.15, 0.2) is 0 Å². The van der Waals surface area contributed by atoms with Gasteiger partial charge in [0.25, 0.3) is 5.56 Å². The standard InChI is InChI=1S/C12H13N5O/c1-8-7-11(18)15-12(14-8)17-16-9(2)10-5-3-4-6-13-10/h3-7H,1-2H3,(H2,14,15,17,18). The Balaban J connectivity index is 2.18. The minimum Gasteiger partial charge on any atom is -0.291 e. The summed E-state index contributed by atoms with van der Waals surface area (Å²) in [6.07, 6.45) is 1.70. The number of aryl methyl sites for hydroxylation is 1. The Kier molecular flexibility index (Phi) is 3.47. The maximum absolute atomic E-state index is 11.2. The lowest BCUT2D eigenvalue weighted by atomic mass is 10.3. The molecule has 0 fully saturated rings. The van der Waals surface area contributed by atoms with Gasteiger partial charge in [-0.15, -0.1) is 0 Å². The highest BCUT2D eigenvalue weighted by Gasteiger charge is 1.99. The monoisotopic (exact) mass is 243 g/mol. The van der Waals surface area contributed by atoms with E-state index in [1.165, 1.54) is 6.07 Å². The third kappa shape index (κ3) is 3.00. The van der Waals surface area contributed by atoms with Gasteiger partial charge < -0.3 is 0 Å². The molecule has 0 atom stereocenters. The van der Waals surface area contributed by atoms with Gasteiger partial charge in [-0.3, -0.25) is 14.8 Å². The van der Waals surface area contributed by atoms with E-state index >= 15 is 0 Å². The van der Waals surface area contributed by atoms with Gasteiger partial charge in [-0.1, -0.05) is 6.07 Å². The zero-order valence-corrected chi connectivity index (χ0v) is 10.1. The van der Waals surface area contributed by atoms with Crippen LogP contribution in [0.4, 0.5) is 5.95 Å². The maximum atomic E-state index is 11.2. The summed E-state index contributed by atoms with van der Waals surface area (Å²) in [7, 11) is 0. The number of H-pyrrole nitrogens is 1. The molecule has 0 aliphatic carbocycles. The molecule has 0 radical (unpaired) electrons. The molecular weight excluding hydrogens is 230 g/mol. The molecule has 0 saturated heterocycles. The highest BCUT2D eigenvalue weighted by atomic mass is 16.1. The summed E-state index contributed by atoms with van der Waals surface area (Å²) in [5.74, 6) is 0.315. The van der Waals surface area contributed by atoms with Crippen molar-refractivity contribution in [1.29, 1.82) is 0 Å². The van der Waals surface area contributed by atoms with Gasteiger partial charge in [-0.05, 0) is 26.0 Å². The van der Waals surface area contributed by atoms with Crippen LogP contribution in [0.1, 0.15) is 18.3 Å². The molecule has 0 aliphatic rings. The summed E-state index contributed by atoms with van der Waals surface area (Å²) in [5.41, 5.74) is 4.60. The minimum atomic E-state index is -0.212. The minimum absolute atomic E-state index is 0.212. The number of aromatic nitrogens is 3. The van der Waals surface area contributed by atoms with Crippen molar-refractivity contribution < 1.29 is 0 Å². The zero-order chi connectivity index (χ0) is 13.0. The highest BCUT2D eigenvalue weighted by molar-refractivity contribution is 5.97. The fourth-order valence-corrected chi connectivity index (χ4v) is 1.40. The lowest BCUT2D eigenvalue weighted by molar-refractivity contribution is 1.04. The van der Waals surface area contributed by atoms with E-state index < -0.39 is 0 Å². The normalized spacial score (nSPS) is 11.3. The van der Waals surface area contributed by atoms with Gasteiger partial charge in [0.05, 0.1) is 11.4 Å². The number of aromatic amines is 1. The van der Waals surface area contributed by atoms with E-state index in [4.69, 9.17) is 0 Å². The number of hydrazone groups is 1. The van der Waals surface area contributed by atoms with Crippen LogP contribution in [0.25, 0.3) is 0 Å². The van der Waals surface area contributed by atoms with Crippen LogP contribution in [0.15, 0.2) is 40.4 Å². The molecule has 0 aromatic carbocycles. The van der Waals surface area contributed by atoms with Crippen LogP contribution in [0.3, 0.4) is 0 Å². The van der Waals surface area contributed by atoms with Gasteiger partial charge >= 0.3 is 0 Å². The molecule has 6 heteroatoms.